The van der Waals surface area contributed by atoms with E-state index in [0.717, 1.165) is 36.1 Å². The number of nitrogens with one attached hydrogen (secondary N) is 1. The number of anilines is 1. The molecule has 0 aliphatic heterocycles. The number of benzene rings is 1. The summed E-state index contributed by atoms with van der Waals surface area (Å²) in [4.78, 5) is 28.4. The van der Waals surface area contributed by atoms with Gasteiger partial charge in [-0.2, -0.15) is 0 Å². The molecular formula is C23H30N2O4. The molecule has 0 unspecified atom stereocenters. The molecule has 1 fully saturated rings. The summed E-state index contributed by atoms with van der Waals surface area (Å²) in [6.45, 7) is 4.13. The first-order chi connectivity index (χ1) is 14.0. The minimum absolute atomic E-state index is 0.0703. The number of para-hydroxylation sites is 1. The number of nitrogens with zero attached hydrogens (tertiary/aromatic N) is 1. The number of carbonyl (C=O) groups is 2. The highest BCUT2D eigenvalue weighted by Crippen LogP contribution is 2.37. The Balaban J connectivity index is 1.97. The van der Waals surface area contributed by atoms with E-state index in [1.165, 1.54) is 7.11 Å². The summed E-state index contributed by atoms with van der Waals surface area (Å²) in [5.74, 6) is 0.312. The van der Waals surface area contributed by atoms with Crippen molar-refractivity contribution in [3.8, 4) is 0 Å². The molecule has 0 saturated heterocycles. The zero-order valence-corrected chi connectivity index (χ0v) is 17.5. The van der Waals surface area contributed by atoms with Gasteiger partial charge in [0.25, 0.3) is 0 Å². The van der Waals surface area contributed by atoms with E-state index in [0.29, 0.717) is 18.6 Å². The Kier molecular flexibility index (Phi) is 6.75. The van der Waals surface area contributed by atoms with Crippen LogP contribution in [0.5, 0.6) is 0 Å². The van der Waals surface area contributed by atoms with Crippen LogP contribution in [0.4, 0.5) is 5.69 Å². The lowest BCUT2D eigenvalue weighted by molar-refractivity contribution is -0.152. The molecule has 3 rings (SSSR count). The first kappa shape index (κ1) is 21.1. The largest absolute Gasteiger partial charge is 0.467 e. The van der Waals surface area contributed by atoms with Crippen LogP contribution in [0, 0.1) is 13.8 Å². The number of furan rings is 1. The molecular weight excluding hydrogens is 368 g/mol. The summed E-state index contributed by atoms with van der Waals surface area (Å²) in [5, 5.41) is 3.14. The maximum absolute atomic E-state index is 13.7. The standard InChI is InChI=1S/C23H30N2O4/c1-17-9-7-10-18(2)21(17)24-22(27)23(12-5-4-6-13-23)25(20(26)16-28-3)15-19-11-8-14-29-19/h7-11,14H,4-6,12-13,15-16H2,1-3H3,(H,24,27). The summed E-state index contributed by atoms with van der Waals surface area (Å²) < 4.78 is 10.6. The number of amides is 2. The van der Waals surface area contributed by atoms with E-state index in [4.69, 9.17) is 9.15 Å². The second-order valence-corrected chi connectivity index (χ2v) is 7.81. The first-order valence-electron chi connectivity index (χ1n) is 10.2. The van der Waals surface area contributed by atoms with E-state index in [2.05, 4.69) is 5.32 Å². The third kappa shape index (κ3) is 4.53. The quantitative estimate of drug-likeness (QED) is 0.758. The molecule has 1 aromatic heterocycles. The summed E-state index contributed by atoms with van der Waals surface area (Å²) >= 11 is 0. The van der Waals surface area contributed by atoms with Gasteiger partial charge in [0.05, 0.1) is 12.8 Å². The van der Waals surface area contributed by atoms with Crippen LogP contribution in [0.3, 0.4) is 0 Å². The van der Waals surface area contributed by atoms with Crippen molar-refractivity contribution in [2.45, 2.75) is 58.0 Å². The Labute approximate surface area is 172 Å². The third-order valence-corrected chi connectivity index (χ3v) is 5.80. The van der Waals surface area contributed by atoms with Crippen LogP contribution in [0.25, 0.3) is 0 Å². The maximum atomic E-state index is 13.7. The molecule has 1 N–H and O–H groups in total. The monoisotopic (exact) mass is 398 g/mol. The molecule has 2 aromatic rings. The molecule has 29 heavy (non-hydrogen) atoms. The van der Waals surface area contributed by atoms with Crippen LogP contribution in [0.15, 0.2) is 41.0 Å². The predicted octanol–water partition coefficient (Wildman–Crippen LogP) is 4.21. The van der Waals surface area contributed by atoms with E-state index in [-0.39, 0.29) is 25.0 Å². The van der Waals surface area contributed by atoms with Crippen LogP contribution in [0.2, 0.25) is 0 Å². The molecule has 1 heterocycles. The van der Waals surface area contributed by atoms with E-state index in [9.17, 15) is 9.59 Å². The highest BCUT2D eigenvalue weighted by atomic mass is 16.5. The van der Waals surface area contributed by atoms with Crippen LogP contribution < -0.4 is 5.32 Å². The number of carbonyl (C=O) groups excluding carboxylic acids is 2. The van der Waals surface area contributed by atoms with Gasteiger partial charge in [-0.05, 0) is 49.9 Å². The van der Waals surface area contributed by atoms with E-state index in [1.54, 1.807) is 17.2 Å². The SMILES string of the molecule is COCC(=O)N(Cc1ccco1)C1(C(=O)Nc2c(C)cccc2C)CCCCC1. The van der Waals surface area contributed by atoms with Crippen LogP contribution >= 0.6 is 0 Å². The maximum Gasteiger partial charge on any atom is 0.250 e. The fourth-order valence-electron chi connectivity index (χ4n) is 4.24. The molecule has 6 heteroatoms. The molecule has 1 saturated carbocycles. The normalized spacial score (nSPS) is 15.7. The zero-order chi connectivity index (χ0) is 20.9. The molecule has 0 atom stereocenters. The number of hydrogen-bond donors (Lipinski definition) is 1. The average Bonchev–Trinajstić information content (AvgIpc) is 3.23. The van der Waals surface area contributed by atoms with Crippen molar-refractivity contribution in [3.05, 3.63) is 53.5 Å². The predicted molar refractivity (Wildman–Crippen MR) is 111 cm³/mol. The summed E-state index contributed by atoms with van der Waals surface area (Å²) in [6, 6.07) is 9.55. The van der Waals surface area contributed by atoms with Gasteiger partial charge >= 0.3 is 0 Å². The smallest absolute Gasteiger partial charge is 0.250 e. The number of rotatable bonds is 7. The Morgan fingerprint density at radius 2 is 1.79 bits per heavy atom. The van der Waals surface area contributed by atoms with E-state index >= 15 is 0 Å². The molecule has 6 nitrogen and oxygen atoms in total. The fourth-order valence-corrected chi connectivity index (χ4v) is 4.24. The fraction of sp³-hybridized carbons (Fsp3) is 0.478. The van der Waals surface area contributed by atoms with Gasteiger partial charge in [0.2, 0.25) is 11.8 Å². The number of methoxy groups -OCH3 is 1. The van der Waals surface area contributed by atoms with Gasteiger partial charge in [0.15, 0.2) is 0 Å². The summed E-state index contributed by atoms with van der Waals surface area (Å²) in [6.07, 6.45) is 5.69. The molecule has 1 aromatic carbocycles. The van der Waals surface area contributed by atoms with Gasteiger partial charge in [-0.25, -0.2) is 0 Å². The number of ether oxygens (including phenoxy) is 1. The van der Waals surface area contributed by atoms with Crippen molar-refractivity contribution < 1.29 is 18.7 Å². The minimum Gasteiger partial charge on any atom is -0.467 e. The van der Waals surface area contributed by atoms with Crippen molar-refractivity contribution in [1.29, 1.82) is 0 Å². The molecule has 2 amide bonds. The highest BCUT2D eigenvalue weighted by Gasteiger charge is 2.47. The summed E-state index contributed by atoms with van der Waals surface area (Å²) in [5.41, 5.74) is 1.91. The third-order valence-electron chi connectivity index (χ3n) is 5.80. The Morgan fingerprint density at radius 3 is 2.38 bits per heavy atom. The molecule has 156 valence electrons. The van der Waals surface area contributed by atoms with Crippen LogP contribution in [-0.4, -0.2) is 36.0 Å². The van der Waals surface area contributed by atoms with Crippen LogP contribution in [-0.2, 0) is 20.9 Å². The second kappa shape index (κ2) is 9.27. The highest BCUT2D eigenvalue weighted by molar-refractivity contribution is 6.01. The number of aryl methyl sites for hydroxylation is 2. The van der Waals surface area contributed by atoms with E-state index < -0.39 is 5.54 Å². The van der Waals surface area contributed by atoms with Gasteiger partial charge in [0, 0.05) is 12.8 Å². The Hall–Kier alpha value is -2.60. The minimum atomic E-state index is -0.921. The lowest BCUT2D eigenvalue weighted by atomic mass is 9.79. The molecule has 1 aliphatic rings. The first-order valence-corrected chi connectivity index (χ1v) is 10.2. The molecule has 0 bridgehead atoms. The van der Waals surface area contributed by atoms with Gasteiger partial charge < -0.3 is 19.4 Å². The van der Waals surface area contributed by atoms with Crippen molar-refractivity contribution >= 4 is 17.5 Å². The van der Waals surface area contributed by atoms with Gasteiger partial charge in [-0.15, -0.1) is 0 Å². The van der Waals surface area contributed by atoms with Gasteiger partial charge in [0.1, 0.15) is 17.9 Å². The van der Waals surface area contributed by atoms with Crippen LogP contribution in [0.1, 0.15) is 49.0 Å². The number of hydrogen-bond acceptors (Lipinski definition) is 4. The second-order valence-electron chi connectivity index (χ2n) is 7.81. The average molecular weight is 399 g/mol. The van der Waals surface area contributed by atoms with Crippen molar-refractivity contribution in [3.63, 3.8) is 0 Å². The van der Waals surface area contributed by atoms with Gasteiger partial charge in [-0.3, -0.25) is 9.59 Å². The molecule has 0 radical (unpaired) electrons. The van der Waals surface area contributed by atoms with Crippen molar-refractivity contribution in [1.82, 2.24) is 4.90 Å². The van der Waals surface area contributed by atoms with Crippen molar-refractivity contribution in [2.75, 3.05) is 19.0 Å². The molecule has 1 aliphatic carbocycles. The lowest BCUT2D eigenvalue weighted by Crippen LogP contribution is -2.60. The van der Waals surface area contributed by atoms with Gasteiger partial charge in [-0.1, -0.05) is 37.5 Å². The Morgan fingerprint density at radius 1 is 1.10 bits per heavy atom. The topological polar surface area (TPSA) is 71.8 Å². The van der Waals surface area contributed by atoms with E-state index in [1.807, 2.05) is 38.1 Å². The Bertz CT molecular complexity index is 818. The van der Waals surface area contributed by atoms with Crippen molar-refractivity contribution in [2.24, 2.45) is 0 Å². The molecule has 0 spiro atoms. The lowest BCUT2D eigenvalue weighted by Gasteiger charge is -2.44. The zero-order valence-electron chi connectivity index (χ0n) is 17.5. The summed E-state index contributed by atoms with van der Waals surface area (Å²) in [7, 11) is 1.49.